The number of amides is 1. The highest BCUT2D eigenvalue weighted by atomic mass is 16.2. The second-order valence-corrected chi connectivity index (χ2v) is 5.86. The van der Waals surface area contributed by atoms with Gasteiger partial charge in [-0.2, -0.15) is 5.10 Å². The first-order chi connectivity index (χ1) is 11.8. The molecule has 0 atom stereocenters. The topological polar surface area (TPSA) is 68.8 Å². The van der Waals surface area contributed by atoms with Crippen LogP contribution in [0, 0.1) is 0 Å². The smallest absolute Gasteiger partial charge is 0.229 e. The second-order valence-electron chi connectivity index (χ2n) is 5.86. The predicted octanol–water partition coefficient (Wildman–Crippen LogP) is 1.11. The summed E-state index contributed by atoms with van der Waals surface area (Å²) < 4.78 is 3.97. The van der Waals surface area contributed by atoms with Gasteiger partial charge in [-0.3, -0.25) is 14.5 Å². The summed E-state index contributed by atoms with van der Waals surface area (Å²) in [4.78, 5) is 23.2. The lowest BCUT2D eigenvalue weighted by Crippen LogP contribution is -2.39. The zero-order valence-corrected chi connectivity index (χ0v) is 13.2. The van der Waals surface area contributed by atoms with Gasteiger partial charge in [0.15, 0.2) is 0 Å². The lowest BCUT2D eigenvalue weighted by Gasteiger charge is -2.27. The molecule has 0 fully saturated rings. The van der Waals surface area contributed by atoms with Crippen molar-refractivity contribution < 1.29 is 4.79 Å². The lowest BCUT2D eigenvalue weighted by molar-refractivity contribution is -0.132. The normalized spacial score (nSPS) is 13.8. The van der Waals surface area contributed by atoms with E-state index in [0.717, 1.165) is 23.8 Å². The van der Waals surface area contributed by atoms with Gasteiger partial charge in [-0.15, -0.1) is 0 Å². The molecule has 1 aliphatic heterocycles. The molecule has 4 heterocycles. The molecule has 0 bridgehead atoms. The highest BCUT2D eigenvalue weighted by molar-refractivity contribution is 5.78. The molecule has 0 spiro atoms. The SMILES string of the molecule is O=C(Cc1ccccn1)N1CCn2cc(Cn3cccn3)nc2C1. The number of aromatic nitrogens is 5. The summed E-state index contributed by atoms with van der Waals surface area (Å²) in [6.07, 6.45) is 7.78. The van der Waals surface area contributed by atoms with Crippen LogP contribution in [0.5, 0.6) is 0 Å². The van der Waals surface area contributed by atoms with Crippen LogP contribution in [0.25, 0.3) is 0 Å². The summed E-state index contributed by atoms with van der Waals surface area (Å²) in [6.45, 7) is 2.67. The number of rotatable bonds is 4. The van der Waals surface area contributed by atoms with Crippen LogP contribution >= 0.6 is 0 Å². The van der Waals surface area contributed by atoms with E-state index in [-0.39, 0.29) is 5.91 Å². The monoisotopic (exact) mass is 322 g/mol. The van der Waals surface area contributed by atoms with Crippen molar-refractivity contribution in [2.75, 3.05) is 6.54 Å². The summed E-state index contributed by atoms with van der Waals surface area (Å²) in [7, 11) is 0. The van der Waals surface area contributed by atoms with Gasteiger partial charge in [0.05, 0.1) is 25.2 Å². The molecule has 7 nitrogen and oxygen atoms in total. The molecule has 0 unspecified atom stereocenters. The predicted molar refractivity (Wildman–Crippen MR) is 86.9 cm³/mol. The first kappa shape index (κ1) is 14.6. The van der Waals surface area contributed by atoms with Gasteiger partial charge in [0, 0.05) is 43.6 Å². The summed E-state index contributed by atoms with van der Waals surface area (Å²) in [5, 5.41) is 4.20. The fourth-order valence-corrected chi connectivity index (χ4v) is 2.93. The molecular formula is C17H18N6O. The summed E-state index contributed by atoms with van der Waals surface area (Å²) in [5.74, 6) is 1.02. The minimum atomic E-state index is 0.0941. The third-order valence-corrected chi connectivity index (χ3v) is 4.15. The Morgan fingerprint density at radius 1 is 1.12 bits per heavy atom. The molecule has 3 aromatic heterocycles. The molecule has 122 valence electrons. The van der Waals surface area contributed by atoms with E-state index in [2.05, 4.69) is 25.8 Å². The first-order valence-electron chi connectivity index (χ1n) is 7.98. The molecule has 0 aromatic carbocycles. The van der Waals surface area contributed by atoms with E-state index in [9.17, 15) is 4.79 Å². The maximum atomic E-state index is 12.5. The van der Waals surface area contributed by atoms with Crippen LogP contribution in [0.1, 0.15) is 17.2 Å². The van der Waals surface area contributed by atoms with Gasteiger partial charge in [0.1, 0.15) is 5.82 Å². The molecule has 4 rings (SSSR count). The quantitative estimate of drug-likeness (QED) is 0.721. The molecule has 0 aliphatic carbocycles. The number of nitrogens with zero attached hydrogens (tertiary/aromatic N) is 6. The number of hydrogen-bond donors (Lipinski definition) is 0. The van der Waals surface area contributed by atoms with Crippen LogP contribution in [-0.2, 0) is 30.8 Å². The Morgan fingerprint density at radius 2 is 2.08 bits per heavy atom. The summed E-state index contributed by atoms with van der Waals surface area (Å²) in [6, 6.07) is 7.53. The fourth-order valence-electron chi connectivity index (χ4n) is 2.93. The Kier molecular flexibility index (Phi) is 3.82. The van der Waals surface area contributed by atoms with Crippen LogP contribution in [0.3, 0.4) is 0 Å². The lowest BCUT2D eigenvalue weighted by atomic mass is 10.2. The van der Waals surface area contributed by atoms with Crippen LogP contribution in [0.15, 0.2) is 49.1 Å². The highest BCUT2D eigenvalue weighted by Gasteiger charge is 2.22. The van der Waals surface area contributed by atoms with E-state index >= 15 is 0 Å². The molecule has 1 aliphatic rings. The van der Waals surface area contributed by atoms with Crippen molar-refractivity contribution in [2.24, 2.45) is 0 Å². The molecule has 0 saturated heterocycles. The Morgan fingerprint density at radius 3 is 2.88 bits per heavy atom. The van der Waals surface area contributed by atoms with Gasteiger partial charge in [-0.05, 0) is 18.2 Å². The van der Waals surface area contributed by atoms with Gasteiger partial charge >= 0.3 is 0 Å². The average molecular weight is 322 g/mol. The van der Waals surface area contributed by atoms with Crippen molar-refractivity contribution in [3.63, 3.8) is 0 Å². The third-order valence-electron chi connectivity index (χ3n) is 4.15. The standard InChI is InChI=1S/C17H18N6O/c24-17(10-14-4-1-2-5-18-14)22-9-8-21-11-15(20-16(21)13-22)12-23-7-3-6-19-23/h1-7,11H,8-10,12-13H2. The van der Waals surface area contributed by atoms with E-state index in [1.54, 1.807) is 12.4 Å². The zero-order chi connectivity index (χ0) is 16.4. The van der Waals surface area contributed by atoms with Gasteiger partial charge in [0.25, 0.3) is 0 Å². The molecule has 0 radical (unpaired) electrons. The number of carbonyl (C=O) groups excluding carboxylic acids is 1. The van der Waals surface area contributed by atoms with Crippen LogP contribution in [0.4, 0.5) is 0 Å². The van der Waals surface area contributed by atoms with Crippen molar-refractivity contribution in [1.29, 1.82) is 0 Å². The van der Waals surface area contributed by atoms with Crippen molar-refractivity contribution in [1.82, 2.24) is 29.2 Å². The Hall–Kier alpha value is -2.96. The van der Waals surface area contributed by atoms with Crippen molar-refractivity contribution in [2.45, 2.75) is 26.1 Å². The molecule has 3 aromatic rings. The van der Waals surface area contributed by atoms with Gasteiger partial charge < -0.3 is 9.47 Å². The maximum Gasteiger partial charge on any atom is 0.229 e. The third kappa shape index (κ3) is 3.05. The first-order valence-corrected chi connectivity index (χ1v) is 7.98. The van der Waals surface area contributed by atoms with Crippen molar-refractivity contribution in [3.05, 3.63) is 66.3 Å². The molecule has 0 N–H and O–H groups in total. The zero-order valence-electron chi connectivity index (χ0n) is 13.2. The van der Waals surface area contributed by atoms with Crippen LogP contribution in [0.2, 0.25) is 0 Å². The molecular weight excluding hydrogens is 304 g/mol. The van der Waals surface area contributed by atoms with E-state index in [4.69, 9.17) is 0 Å². The highest BCUT2D eigenvalue weighted by Crippen LogP contribution is 2.14. The molecule has 1 amide bonds. The number of fused-ring (bicyclic) bond motifs is 1. The van der Waals surface area contributed by atoms with Gasteiger partial charge in [-0.25, -0.2) is 4.98 Å². The van der Waals surface area contributed by atoms with Gasteiger partial charge in [0.2, 0.25) is 5.91 Å². The van der Waals surface area contributed by atoms with Crippen molar-refractivity contribution in [3.8, 4) is 0 Å². The second kappa shape index (κ2) is 6.27. The van der Waals surface area contributed by atoms with E-state index in [1.807, 2.05) is 40.0 Å². The Balaban J connectivity index is 1.43. The van der Waals surface area contributed by atoms with Crippen LogP contribution in [-0.4, -0.2) is 41.7 Å². The van der Waals surface area contributed by atoms with E-state index in [1.165, 1.54) is 0 Å². The molecule has 24 heavy (non-hydrogen) atoms. The van der Waals surface area contributed by atoms with E-state index in [0.29, 0.717) is 26.1 Å². The molecule has 0 saturated carbocycles. The van der Waals surface area contributed by atoms with E-state index < -0.39 is 0 Å². The number of imidazole rings is 1. The fraction of sp³-hybridized carbons (Fsp3) is 0.294. The Labute approximate surface area is 139 Å². The minimum absolute atomic E-state index is 0.0941. The largest absolute Gasteiger partial charge is 0.333 e. The summed E-state index contributed by atoms with van der Waals surface area (Å²) >= 11 is 0. The summed E-state index contributed by atoms with van der Waals surface area (Å²) in [5.41, 5.74) is 1.77. The number of carbonyl (C=O) groups is 1. The maximum absolute atomic E-state index is 12.5. The van der Waals surface area contributed by atoms with Crippen LogP contribution < -0.4 is 0 Å². The minimum Gasteiger partial charge on any atom is -0.333 e. The average Bonchev–Trinajstić information content (AvgIpc) is 3.24. The van der Waals surface area contributed by atoms with Gasteiger partial charge in [-0.1, -0.05) is 6.07 Å². The Bertz CT molecular complexity index is 824. The molecule has 7 heteroatoms. The number of pyridine rings is 1. The number of hydrogen-bond acceptors (Lipinski definition) is 4. The van der Waals surface area contributed by atoms with Crippen molar-refractivity contribution >= 4 is 5.91 Å².